The van der Waals surface area contributed by atoms with E-state index in [4.69, 9.17) is 5.73 Å². The molecule has 1 saturated carbocycles. The van der Waals surface area contributed by atoms with Gasteiger partial charge in [-0.15, -0.1) is 0 Å². The van der Waals surface area contributed by atoms with Crippen LogP contribution in [0, 0.1) is 5.92 Å². The molecule has 0 aromatic heterocycles. The lowest BCUT2D eigenvalue weighted by Gasteiger charge is -2.05. The van der Waals surface area contributed by atoms with Gasteiger partial charge in [0.15, 0.2) is 0 Å². The van der Waals surface area contributed by atoms with E-state index in [1.165, 1.54) is 12.8 Å². The SMILES string of the molecule is CCC1CC1NCC(C)N. The first-order chi connectivity index (χ1) is 4.74. The van der Waals surface area contributed by atoms with Crippen molar-refractivity contribution in [2.45, 2.75) is 38.8 Å². The smallest absolute Gasteiger partial charge is 0.0136 e. The summed E-state index contributed by atoms with van der Waals surface area (Å²) in [6.07, 6.45) is 2.68. The lowest BCUT2D eigenvalue weighted by atomic mass is 10.3. The van der Waals surface area contributed by atoms with E-state index in [0.29, 0.717) is 6.04 Å². The molecule has 2 heteroatoms. The van der Waals surface area contributed by atoms with Gasteiger partial charge >= 0.3 is 0 Å². The van der Waals surface area contributed by atoms with Crippen LogP contribution in [0.25, 0.3) is 0 Å². The molecule has 0 aromatic rings. The topological polar surface area (TPSA) is 38.0 Å². The highest BCUT2D eigenvalue weighted by Crippen LogP contribution is 2.32. The average molecular weight is 142 g/mol. The van der Waals surface area contributed by atoms with Gasteiger partial charge in [-0.3, -0.25) is 0 Å². The van der Waals surface area contributed by atoms with Crippen LogP contribution in [0.4, 0.5) is 0 Å². The molecule has 0 aromatic carbocycles. The minimum atomic E-state index is 0.304. The van der Waals surface area contributed by atoms with Crippen molar-refractivity contribution in [2.75, 3.05) is 6.54 Å². The van der Waals surface area contributed by atoms with E-state index in [1.807, 2.05) is 6.92 Å². The predicted molar refractivity (Wildman–Crippen MR) is 43.8 cm³/mol. The molecule has 1 aliphatic carbocycles. The molecule has 3 atom stereocenters. The fraction of sp³-hybridized carbons (Fsp3) is 1.00. The Balaban J connectivity index is 1.96. The molecule has 0 spiro atoms. The highest BCUT2D eigenvalue weighted by molar-refractivity contribution is 4.92. The monoisotopic (exact) mass is 142 g/mol. The van der Waals surface area contributed by atoms with E-state index in [0.717, 1.165) is 18.5 Å². The molecular weight excluding hydrogens is 124 g/mol. The molecule has 0 aliphatic heterocycles. The van der Waals surface area contributed by atoms with Crippen LogP contribution in [-0.2, 0) is 0 Å². The van der Waals surface area contributed by atoms with Crippen molar-refractivity contribution in [1.82, 2.24) is 5.32 Å². The second-order valence-electron chi connectivity index (χ2n) is 3.40. The van der Waals surface area contributed by atoms with Crippen molar-refractivity contribution in [2.24, 2.45) is 11.7 Å². The molecule has 0 heterocycles. The Morgan fingerprint density at radius 3 is 2.80 bits per heavy atom. The maximum atomic E-state index is 5.59. The molecule has 1 rings (SSSR count). The molecule has 3 unspecified atom stereocenters. The zero-order chi connectivity index (χ0) is 7.56. The largest absolute Gasteiger partial charge is 0.327 e. The Labute approximate surface area is 63.2 Å². The summed E-state index contributed by atoms with van der Waals surface area (Å²) >= 11 is 0. The Hall–Kier alpha value is -0.0800. The van der Waals surface area contributed by atoms with Crippen LogP contribution in [0.1, 0.15) is 26.7 Å². The summed E-state index contributed by atoms with van der Waals surface area (Å²) in [5.41, 5.74) is 5.59. The van der Waals surface area contributed by atoms with Gasteiger partial charge in [0, 0.05) is 18.6 Å². The number of nitrogens with two attached hydrogens (primary N) is 1. The molecule has 10 heavy (non-hydrogen) atoms. The second-order valence-corrected chi connectivity index (χ2v) is 3.40. The molecule has 1 aliphatic rings. The number of hydrogen-bond acceptors (Lipinski definition) is 2. The Morgan fingerprint density at radius 2 is 2.40 bits per heavy atom. The summed E-state index contributed by atoms with van der Waals surface area (Å²) in [6, 6.07) is 1.09. The van der Waals surface area contributed by atoms with Gasteiger partial charge in [-0.1, -0.05) is 13.3 Å². The lowest BCUT2D eigenvalue weighted by molar-refractivity contribution is 0.574. The van der Waals surface area contributed by atoms with Gasteiger partial charge < -0.3 is 11.1 Å². The summed E-state index contributed by atoms with van der Waals surface area (Å²) < 4.78 is 0. The number of rotatable bonds is 4. The lowest BCUT2D eigenvalue weighted by Crippen LogP contribution is -2.32. The first kappa shape index (κ1) is 8.02. The van der Waals surface area contributed by atoms with E-state index in [9.17, 15) is 0 Å². The molecule has 2 nitrogen and oxygen atoms in total. The quantitative estimate of drug-likeness (QED) is 0.607. The van der Waals surface area contributed by atoms with Crippen LogP contribution in [0.5, 0.6) is 0 Å². The maximum absolute atomic E-state index is 5.59. The summed E-state index contributed by atoms with van der Waals surface area (Å²) in [5, 5.41) is 3.43. The van der Waals surface area contributed by atoms with Crippen LogP contribution in [0.3, 0.4) is 0 Å². The van der Waals surface area contributed by atoms with Crippen molar-refractivity contribution >= 4 is 0 Å². The van der Waals surface area contributed by atoms with Crippen LogP contribution in [-0.4, -0.2) is 18.6 Å². The summed E-state index contributed by atoms with van der Waals surface area (Å²) in [6.45, 7) is 5.26. The highest BCUT2D eigenvalue weighted by Gasteiger charge is 2.34. The normalized spacial score (nSPS) is 33.9. The zero-order valence-corrected chi connectivity index (χ0v) is 6.93. The summed E-state index contributed by atoms with van der Waals surface area (Å²) in [5.74, 6) is 0.943. The number of hydrogen-bond donors (Lipinski definition) is 2. The van der Waals surface area contributed by atoms with Gasteiger partial charge in [0.25, 0.3) is 0 Å². The van der Waals surface area contributed by atoms with Crippen molar-refractivity contribution in [3.05, 3.63) is 0 Å². The number of nitrogens with one attached hydrogen (secondary N) is 1. The third kappa shape index (κ3) is 2.27. The molecule has 0 amide bonds. The third-order valence-electron chi connectivity index (χ3n) is 2.15. The van der Waals surface area contributed by atoms with Gasteiger partial charge in [-0.2, -0.15) is 0 Å². The molecular formula is C8H18N2. The average Bonchev–Trinajstić information content (AvgIpc) is 2.61. The molecule has 60 valence electrons. The van der Waals surface area contributed by atoms with Crippen molar-refractivity contribution in [1.29, 1.82) is 0 Å². The van der Waals surface area contributed by atoms with Gasteiger partial charge in [0.05, 0.1) is 0 Å². The molecule has 1 fully saturated rings. The van der Waals surface area contributed by atoms with Crippen LogP contribution < -0.4 is 11.1 Å². The van der Waals surface area contributed by atoms with Crippen molar-refractivity contribution in [3.63, 3.8) is 0 Å². The maximum Gasteiger partial charge on any atom is 0.0136 e. The molecule has 0 saturated heterocycles. The van der Waals surface area contributed by atoms with E-state index >= 15 is 0 Å². The van der Waals surface area contributed by atoms with Crippen molar-refractivity contribution < 1.29 is 0 Å². The van der Waals surface area contributed by atoms with E-state index in [-0.39, 0.29) is 0 Å². The standard InChI is InChI=1S/C8H18N2/c1-3-7-4-8(7)10-5-6(2)9/h6-8,10H,3-5,9H2,1-2H3. The molecule has 0 radical (unpaired) electrons. The van der Waals surface area contributed by atoms with E-state index in [1.54, 1.807) is 0 Å². The molecule has 0 bridgehead atoms. The van der Waals surface area contributed by atoms with Gasteiger partial charge in [-0.05, 0) is 19.3 Å². The Bertz CT molecular complexity index is 101. The van der Waals surface area contributed by atoms with Crippen molar-refractivity contribution in [3.8, 4) is 0 Å². The van der Waals surface area contributed by atoms with Gasteiger partial charge in [-0.25, -0.2) is 0 Å². The third-order valence-corrected chi connectivity index (χ3v) is 2.15. The van der Waals surface area contributed by atoms with Crippen LogP contribution in [0.2, 0.25) is 0 Å². The van der Waals surface area contributed by atoms with Crippen LogP contribution >= 0.6 is 0 Å². The first-order valence-electron chi connectivity index (χ1n) is 4.23. The van der Waals surface area contributed by atoms with Gasteiger partial charge in [0.2, 0.25) is 0 Å². The predicted octanol–water partition coefficient (Wildman–Crippen LogP) is 0.722. The summed E-state index contributed by atoms with van der Waals surface area (Å²) in [4.78, 5) is 0. The minimum absolute atomic E-state index is 0.304. The fourth-order valence-electron chi connectivity index (χ4n) is 1.29. The zero-order valence-electron chi connectivity index (χ0n) is 6.93. The molecule has 3 N–H and O–H groups in total. The minimum Gasteiger partial charge on any atom is -0.327 e. The fourth-order valence-corrected chi connectivity index (χ4v) is 1.29. The van der Waals surface area contributed by atoms with E-state index < -0.39 is 0 Å². The summed E-state index contributed by atoms with van der Waals surface area (Å²) in [7, 11) is 0. The first-order valence-corrected chi connectivity index (χ1v) is 4.23. The van der Waals surface area contributed by atoms with Gasteiger partial charge in [0.1, 0.15) is 0 Å². The Morgan fingerprint density at radius 1 is 1.70 bits per heavy atom. The van der Waals surface area contributed by atoms with E-state index in [2.05, 4.69) is 12.2 Å². The highest BCUT2D eigenvalue weighted by atomic mass is 15.0. The Kier molecular flexibility index (Phi) is 2.69. The van der Waals surface area contributed by atoms with Crippen LogP contribution in [0.15, 0.2) is 0 Å². The second kappa shape index (κ2) is 3.35.